The van der Waals surface area contributed by atoms with Crippen molar-refractivity contribution in [1.29, 1.82) is 0 Å². The summed E-state index contributed by atoms with van der Waals surface area (Å²) in [6.45, 7) is 0.249. The smallest absolute Gasteiger partial charge is 0.338 e. The highest BCUT2D eigenvalue weighted by Crippen LogP contribution is 2.35. The molecule has 0 spiro atoms. The van der Waals surface area contributed by atoms with Gasteiger partial charge in [-0.2, -0.15) is 0 Å². The van der Waals surface area contributed by atoms with E-state index in [-0.39, 0.29) is 22.1 Å². The van der Waals surface area contributed by atoms with Crippen LogP contribution in [0.15, 0.2) is 71.6 Å². The number of halogens is 1. The van der Waals surface area contributed by atoms with Crippen LogP contribution >= 0.6 is 11.6 Å². The number of fused-ring (bicyclic) bond motifs is 1. The molecule has 0 aromatic heterocycles. The first-order valence-electron chi connectivity index (χ1n) is 10.1. The molecule has 33 heavy (non-hydrogen) atoms. The van der Waals surface area contributed by atoms with Crippen molar-refractivity contribution < 1.29 is 27.5 Å². The molecule has 0 bridgehead atoms. The first kappa shape index (κ1) is 22.8. The lowest BCUT2D eigenvalue weighted by Gasteiger charge is -2.20. The zero-order valence-corrected chi connectivity index (χ0v) is 19.2. The van der Waals surface area contributed by atoms with Crippen LogP contribution < -0.4 is 4.31 Å². The second-order valence-corrected chi connectivity index (χ2v) is 9.60. The van der Waals surface area contributed by atoms with Crippen LogP contribution in [0.4, 0.5) is 5.69 Å². The first-order chi connectivity index (χ1) is 15.8. The summed E-state index contributed by atoms with van der Waals surface area (Å²) in [6, 6.07) is 17.7. The molecule has 4 rings (SSSR count). The maximum atomic E-state index is 13.3. The summed E-state index contributed by atoms with van der Waals surface area (Å²) in [5.74, 6) is -1.16. The van der Waals surface area contributed by atoms with E-state index in [1.165, 1.54) is 29.6 Å². The van der Waals surface area contributed by atoms with E-state index in [9.17, 15) is 18.0 Å². The zero-order chi connectivity index (χ0) is 23.6. The molecular weight excluding hydrogens is 466 g/mol. The van der Waals surface area contributed by atoms with Gasteiger partial charge in [0, 0.05) is 6.54 Å². The lowest BCUT2D eigenvalue weighted by atomic mass is 10.1. The number of nitrogens with zero attached hydrogens (tertiary/aromatic N) is 1. The molecule has 1 aliphatic heterocycles. The molecule has 0 radical (unpaired) electrons. The second-order valence-electron chi connectivity index (χ2n) is 7.37. The lowest BCUT2D eigenvalue weighted by molar-refractivity contribution is 0.0471. The fraction of sp³-hybridized carbons (Fsp3) is 0.167. The minimum Gasteiger partial charge on any atom is -0.465 e. The Hall–Kier alpha value is -3.36. The van der Waals surface area contributed by atoms with Gasteiger partial charge in [0.25, 0.3) is 10.0 Å². The van der Waals surface area contributed by atoms with Crippen molar-refractivity contribution in [3.8, 4) is 0 Å². The molecule has 7 nitrogen and oxygen atoms in total. The largest absolute Gasteiger partial charge is 0.465 e. The van der Waals surface area contributed by atoms with Gasteiger partial charge >= 0.3 is 11.9 Å². The van der Waals surface area contributed by atoms with Crippen LogP contribution in [0.2, 0.25) is 5.02 Å². The Balaban J connectivity index is 1.52. The van der Waals surface area contributed by atoms with E-state index in [0.717, 1.165) is 5.56 Å². The van der Waals surface area contributed by atoms with Crippen LogP contribution in [0, 0.1) is 0 Å². The predicted octanol–water partition coefficient (Wildman–Crippen LogP) is 4.24. The molecule has 170 valence electrons. The molecule has 0 unspecified atom stereocenters. The van der Waals surface area contributed by atoms with Crippen LogP contribution in [-0.4, -0.2) is 34.0 Å². The molecule has 1 aliphatic rings. The fourth-order valence-electron chi connectivity index (χ4n) is 3.59. The van der Waals surface area contributed by atoms with Gasteiger partial charge in [0.05, 0.1) is 28.9 Å². The Morgan fingerprint density at radius 1 is 0.970 bits per heavy atom. The highest BCUT2D eigenvalue weighted by Gasteiger charge is 2.32. The number of benzene rings is 3. The number of anilines is 1. The number of sulfonamides is 1. The standard InChI is InChI=1S/C24H20ClNO6S/c1-31-23(27)18-8-6-16(7-9-18)15-32-24(28)19-10-11-20(25)22(14-19)33(29,30)26-13-12-17-4-2-3-5-21(17)26/h2-11,14H,12-13,15H2,1H3. The number of esters is 2. The van der Waals surface area contributed by atoms with E-state index in [1.807, 2.05) is 12.1 Å². The minimum absolute atomic E-state index is 0.0225. The topological polar surface area (TPSA) is 90.0 Å². The van der Waals surface area contributed by atoms with Crippen LogP contribution in [0.3, 0.4) is 0 Å². The molecule has 9 heteroatoms. The van der Waals surface area contributed by atoms with Gasteiger partial charge in [-0.05, 0) is 53.9 Å². The molecule has 1 heterocycles. The Morgan fingerprint density at radius 2 is 1.67 bits per heavy atom. The average molecular weight is 486 g/mol. The van der Waals surface area contributed by atoms with Crippen molar-refractivity contribution in [3.05, 3.63) is 94.0 Å². The van der Waals surface area contributed by atoms with E-state index in [2.05, 4.69) is 4.74 Å². The predicted molar refractivity (Wildman–Crippen MR) is 123 cm³/mol. The number of para-hydroxylation sites is 1. The summed E-state index contributed by atoms with van der Waals surface area (Å²) in [6.07, 6.45) is 0.601. The first-order valence-corrected chi connectivity index (χ1v) is 11.9. The van der Waals surface area contributed by atoms with Gasteiger partial charge in [0.15, 0.2) is 0 Å². The van der Waals surface area contributed by atoms with Crippen molar-refractivity contribution in [2.45, 2.75) is 17.9 Å². The molecule has 0 saturated carbocycles. The summed E-state index contributed by atoms with van der Waals surface area (Å²) in [7, 11) is -2.68. The Labute approximate surface area is 196 Å². The number of ether oxygens (including phenoxy) is 2. The maximum absolute atomic E-state index is 13.3. The van der Waals surface area contributed by atoms with Gasteiger partial charge in [-0.1, -0.05) is 41.9 Å². The van der Waals surface area contributed by atoms with Crippen molar-refractivity contribution in [2.24, 2.45) is 0 Å². The summed E-state index contributed by atoms with van der Waals surface area (Å²) >= 11 is 6.22. The van der Waals surface area contributed by atoms with Crippen molar-refractivity contribution >= 4 is 39.3 Å². The van der Waals surface area contributed by atoms with Gasteiger partial charge in [0.2, 0.25) is 0 Å². The zero-order valence-electron chi connectivity index (χ0n) is 17.7. The second kappa shape index (κ2) is 9.25. The van der Waals surface area contributed by atoms with E-state index in [0.29, 0.717) is 29.8 Å². The quantitative estimate of drug-likeness (QED) is 0.485. The normalized spacial score (nSPS) is 12.8. The summed E-state index contributed by atoms with van der Waals surface area (Å²) in [4.78, 5) is 24.0. The van der Waals surface area contributed by atoms with Crippen molar-refractivity contribution in [3.63, 3.8) is 0 Å². The molecule has 0 atom stereocenters. The summed E-state index contributed by atoms with van der Waals surface area (Å²) in [5, 5.41) is 0.0225. The number of hydrogen-bond acceptors (Lipinski definition) is 6. The molecule has 0 N–H and O–H groups in total. The van der Waals surface area contributed by atoms with E-state index in [4.69, 9.17) is 16.3 Å². The van der Waals surface area contributed by atoms with Gasteiger partial charge in [-0.15, -0.1) is 0 Å². The Bertz CT molecular complexity index is 1320. The van der Waals surface area contributed by atoms with Gasteiger partial charge < -0.3 is 9.47 Å². The van der Waals surface area contributed by atoms with E-state index in [1.54, 1.807) is 36.4 Å². The fourth-order valence-corrected chi connectivity index (χ4v) is 5.60. The summed E-state index contributed by atoms with van der Waals surface area (Å²) < 4.78 is 38.0. The number of hydrogen-bond donors (Lipinski definition) is 0. The van der Waals surface area contributed by atoms with Gasteiger partial charge in [0.1, 0.15) is 11.5 Å². The van der Waals surface area contributed by atoms with Gasteiger partial charge in [-0.3, -0.25) is 4.31 Å². The highest BCUT2D eigenvalue weighted by molar-refractivity contribution is 7.93. The third kappa shape index (κ3) is 4.58. The monoisotopic (exact) mass is 485 g/mol. The molecule has 0 saturated heterocycles. The highest BCUT2D eigenvalue weighted by atomic mass is 35.5. The molecule has 0 fully saturated rings. The SMILES string of the molecule is COC(=O)c1ccc(COC(=O)c2ccc(Cl)c(S(=O)(=O)N3CCc4ccccc43)c2)cc1. The van der Waals surface area contributed by atoms with Crippen LogP contribution in [-0.2, 0) is 32.5 Å². The third-order valence-corrected chi connectivity index (χ3v) is 7.62. The average Bonchev–Trinajstić information content (AvgIpc) is 3.27. The van der Waals surface area contributed by atoms with Crippen LogP contribution in [0.1, 0.15) is 31.8 Å². The molecule has 3 aromatic rings. The van der Waals surface area contributed by atoms with E-state index >= 15 is 0 Å². The third-order valence-electron chi connectivity index (χ3n) is 5.32. The molecule has 3 aromatic carbocycles. The Morgan fingerprint density at radius 3 is 2.39 bits per heavy atom. The van der Waals surface area contributed by atoms with Crippen molar-refractivity contribution in [1.82, 2.24) is 0 Å². The maximum Gasteiger partial charge on any atom is 0.338 e. The number of carbonyl (C=O) groups excluding carboxylic acids is 2. The number of methoxy groups -OCH3 is 1. The van der Waals surface area contributed by atoms with E-state index < -0.39 is 22.0 Å². The Kier molecular flexibility index (Phi) is 6.40. The minimum atomic E-state index is -3.97. The van der Waals surface area contributed by atoms with Crippen molar-refractivity contribution in [2.75, 3.05) is 18.0 Å². The van der Waals surface area contributed by atoms with Crippen LogP contribution in [0.25, 0.3) is 0 Å². The number of carbonyl (C=O) groups is 2. The molecule has 0 aliphatic carbocycles. The van der Waals surface area contributed by atoms with Crippen LogP contribution in [0.5, 0.6) is 0 Å². The molecule has 0 amide bonds. The molecular formula is C24H20ClNO6S. The lowest BCUT2D eigenvalue weighted by Crippen LogP contribution is -2.29. The van der Waals surface area contributed by atoms with Gasteiger partial charge in [-0.25, -0.2) is 18.0 Å². The number of rotatable bonds is 6. The summed E-state index contributed by atoms with van der Waals surface area (Å²) in [5.41, 5.74) is 2.65.